The summed E-state index contributed by atoms with van der Waals surface area (Å²) in [7, 11) is 0. The average molecular weight is 281 g/mol. The molecule has 0 aliphatic carbocycles. The minimum Gasteiger partial charge on any atom is -0.490 e. The third-order valence-corrected chi connectivity index (χ3v) is 3.34. The Bertz CT molecular complexity index is 466. The second-order valence-corrected chi connectivity index (χ2v) is 5.07. The first-order valence-electron chi connectivity index (χ1n) is 6.86. The normalized spacial score (nSPS) is 22.6. The van der Waals surface area contributed by atoms with Gasteiger partial charge in [0.1, 0.15) is 0 Å². The quantitative estimate of drug-likeness (QED) is 0.849. The summed E-state index contributed by atoms with van der Waals surface area (Å²) in [5.41, 5.74) is 0. The molecule has 20 heavy (non-hydrogen) atoms. The topological polar surface area (TPSA) is 38.8 Å². The Labute approximate surface area is 118 Å². The molecule has 1 amide bonds. The van der Waals surface area contributed by atoms with Crippen molar-refractivity contribution in [2.75, 3.05) is 19.8 Å². The van der Waals surface area contributed by atoms with Gasteiger partial charge in [-0.15, -0.1) is 0 Å². The maximum atomic E-state index is 13.3. The molecule has 0 bridgehead atoms. The van der Waals surface area contributed by atoms with Crippen molar-refractivity contribution in [2.45, 2.75) is 32.4 Å². The first kappa shape index (κ1) is 14.8. The Hall–Kier alpha value is -1.62. The molecule has 1 fully saturated rings. The van der Waals surface area contributed by atoms with Crippen LogP contribution in [0.3, 0.4) is 0 Å². The highest BCUT2D eigenvalue weighted by Gasteiger charge is 2.27. The number of hydrogen-bond donors (Lipinski definition) is 0. The van der Waals surface area contributed by atoms with Crippen molar-refractivity contribution in [1.82, 2.24) is 4.90 Å². The van der Waals surface area contributed by atoms with Gasteiger partial charge in [0.15, 0.2) is 11.6 Å². The highest BCUT2D eigenvalue weighted by atomic mass is 19.1. The fourth-order valence-electron chi connectivity index (χ4n) is 2.20. The number of halogens is 1. The summed E-state index contributed by atoms with van der Waals surface area (Å²) in [6.07, 6.45) is 0.299. The Morgan fingerprint density at radius 2 is 2.20 bits per heavy atom. The fraction of sp³-hybridized carbons (Fsp3) is 0.533. The Kier molecular flexibility index (Phi) is 4.95. The van der Waals surface area contributed by atoms with Gasteiger partial charge in [-0.25, -0.2) is 4.39 Å². The van der Waals surface area contributed by atoms with E-state index in [2.05, 4.69) is 0 Å². The number of nitrogens with zero attached hydrogens (tertiary/aromatic N) is 1. The molecule has 1 saturated heterocycles. The van der Waals surface area contributed by atoms with Crippen molar-refractivity contribution >= 4 is 5.91 Å². The van der Waals surface area contributed by atoms with Crippen LogP contribution >= 0.6 is 0 Å². The highest BCUT2D eigenvalue weighted by molar-refractivity contribution is 5.76. The second kappa shape index (κ2) is 6.70. The lowest BCUT2D eigenvalue weighted by atomic mass is 10.2. The molecule has 0 aromatic heterocycles. The number of benzene rings is 1. The van der Waals surface area contributed by atoms with Crippen LogP contribution in [0.25, 0.3) is 0 Å². The van der Waals surface area contributed by atoms with Gasteiger partial charge < -0.3 is 14.4 Å². The molecule has 2 unspecified atom stereocenters. The molecule has 1 aromatic carbocycles. The summed E-state index contributed by atoms with van der Waals surface area (Å²) >= 11 is 0. The summed E-state index contributed by atoms with van der Waals surface area (Å²) in [5.74, 6) is -0.207. The van der Waals surface area contributed by atoms with Crippen molar-refractivity contribution < 1.29 is 18.7 Å². The molecule has 2 rings (SSSR count). The summed E-state index contributed by atoms with van der Waals surface area (Å²) in [6.45, 7) is 5.24. The van der Waals surface area contributed by atoms with Crippen molar-refractivity contribution in [3.05, 3.63) is 30.1 Å². The molecular weight excluding hydrogens is 261 g/mol. The molecule has 0 spiro atoms. The van der Waals surface area contributed by atoms with Crippen molar-refractivity contribution in [1.29, 1.82) is 0 Å². The van der Waals surface area contributed by atoms with Gasteiger partial charge in [-0.1, -0.05) is 12.1 Å². The van der Waals surface area contributed by atoms with Gasteiger partial charge in [-0.05, 0) is 26.0 Å². The molecule has 0 saturated carbocycles. The van der Waals surface area contributed by atoms with E-state index >= 15 is 0 Å². The van der Waals surface area contributed by atoms with Crippen LogP contribution in [0.4, 0.5) is 4.39 Å². The molecular formula is C15H20FNO3. The molecule has 0 N–H and O–H groups in total. The maximum absolute atomic E-state index is 13.3. The standard InChI is InChI=1S/C15H20FNO3/c1-11-10-20-12(2)9-17(11)15(18)7-8-19-14-6-4-3-5-13(14)16/h3-6,11-12H,7-10H2,1-2H3. The van der Waals surface area contributed by atoms with Gasteiger partial charge in [-0.2, -0.15) is 0 Å². The van der Waals surface area contributed by atoms with E-state index in [1.54, 1.807) is 23.1 Å². The number of ether oxygens (including phenoxy) is 2. The minimum absolute atomic E-state index is 0.0176. The Balaban J connectivity index is 1.82. The monoisotopic (exact) mass is 281 g/mol. The first-order valence-corrected chi connectivity index (χ1v) is 6.86. The third-order valence-electron chi connectivity index (χ3n) is 3.34. The zero-order valence-corrected chi connectivity index (χ0v) is 11.8. The van der Waals surface area contributed by atoms with Crippen LogP contribution in [-0.2, 0) is 9.53 Å². The van der Waals surface area contributed by atoms with E-state index in [0.29, 0.717) is 13.2 Å². The molecule has 1 aromatic rings. The van der Waals surface area contributed by atoms with E-state index in [9.17, 15) is 9.18 Å². The third kappa shape index (κ3) is 3.70. The lowest BCUT2D eigenvalue weighted by Gasteiger charge is -2.36. The van der Waals surface area contributed by atoms with Gasteiger partial charge in [0.05, 0.1) is 31.8 Å². The van der Waals surface area contributed by atoms with Crippen molar-refractivity contribution in [3.63, 3.8) is 0 Å². The van der Waals surface area contributed by atoms with Crippen molar-refractivity contribution in [3.8, 4) is 5.75 Å². The lowest BCUT2D eigenvalue weighted by Crippen LogP contribution is -2.50. The smallest absolute Gasteiger partial charge is 0.226 e. The Morgan fingerprint density at radius 1 is 1.45 bits per heavy atom. The zero-order valence-electron chi connectivity index (χ0n) is 11.8. The molecule has 5 heteroatoms. The van der Waals surface area contributed by atoms with E-state index in [1.165, 1.54) is 6.07 Å². The molecule has 110 valence electrons. The molecule has 2 atom stereocenters. The maximum Gasteiger partial charge on any atom is 0.226 e. The number of morpholine rings is 1. The highest BCUT2D eigenvalue weighted by Crippen LogP contribution is 2.16. The predicted octanol–water partition coefficient (Wildman–Crippen LogP) is 2.23. The van der Waals surface area contributed by atoms with Gasteiger partial charge in [0, 0.05) is 6.54 Å². The van der Waals surface area contributed by atoms with Crippen LogP contribution in [0.2, 0.25) is 0 Å². The van der Waals surface area contributed by atoms with Crippen LogP contribution in [-0.4, -0.2) is 42.7 Å². The van der Waals surface area contributed by atoms with E-state index in [-0.39, 0.29) is 36.8 Å². The van der Waals surface area contributed by atoms with Crippen molar-refractivity contribution in [2.24, 2.45) is 0 Å². The molecule has 0 radical (unpaired) electrons. The number of amides is 1. The van der Waals surface area contributed by atoms with E-state index < -0.39 is 5.82 Å². The minimum atomic E-state index is -0.409. The van der Waals surface area contributed by atoms with Gasteiger partial charge >= 0.3 is 0 Å². The summed E-state index contributed by atoms with van der Waals surface area (Å²) in [5, 5.41) is 0. The Morgan fingerprint density at radius 3 is 2.95 bits per heavy atom. The number of rotatable bonds is 4. The molecule has 1 heterocycles. The van der Waals surface area contributed by atoms with Gasteiger partial charge in [0.2, 0.25) is 5.91 Å². The van der Waals surface area contributed by atoms with E-state index in [1.807, 2.05) is 13.8 Å². The molecule has 4 nitrogen and oxygen atoms in total. The van der Waals surface area contributed by atoms with Crippen LogP contribution < -0.4 is 4.74 Å². The van der Waals surface area contributed by atoms with Crippen LogP contribution in [0, 0.1) is 5.82 Å². The number of carbonyl (C=O) groups excluding carboxylic acids is 1. The number of hydrogen-bond acceptors (Lipinski definition) is 3. The second-order valence-electron chi connectivity index (χ2n) is 5.07. The van der Waals surface area contributed by atoms with Gasteiger partial charge in [-0.3, -0.25) is 4.79 Å². The first-order chi connectivity index (χ1) is 9.58. The van der Waals surface area contributed by atoms with E-state index in [0.717, 1.165) is 0 Å². The predicted molar refractivity (Wildman–Crippen MR) is 73.1 cm³/mol. The lowest BCUT2D eigenvalue weighted by molar-refractivity contribution is -0.143. The number of carbonyl (C=O) groups is 1. The SMILES string of the molecule is CC1CN(C(=O)CCOc2ccccc2F)C(C)CO1. The van der Waals surface area contributed by atoms with E-state index in [4.69, 9.17) is 9.47 Å². The summed E-state index contributed by atoms with van der Waals surface area (Å²) in [4.78, 5) is 13.9. The largest absolute Gasteiger partial charge is 0.490 e. The van der Waals surface area contributed by atoms with Gasteiger partial charge in [0.25, 0.3) is 0 Å². The zero-order chi connectivity index (χ0) is 14.5. The molecule has 1 aliphatic heterocycles. The molecule has 1 aliphatic rings. The summed E-state index contributed by atoms with van der Waals surface area (Å²) < 4.78 is 24.1. The van der Waals surface area contributed by atoms with Crippen LogP contribution in [0.5, 0.6) is 5.75 Å². The average Bonchev–Trinajstić information content (AvgIpc) is 2.43. The fourth-order valence-corrected chi connectivity index (χ4v) is 2.20. The number of para-hydroxylation sites is 1. The van der Waals surface area contributed by atoms with Crippen LogP contribution in [0.1, 0.15) is 20.3 Å². The van der Waals surface area contributed by atoms with Crippen LogP contribution in [0.15, 0.2) is 24.3 Å². The summed E-state index contributed by atoms with van der Waals surface area (Å²) in [6, 6.07) is 6.27.